The van der Waals surface area contributed by atoms with Gasteiger partial charge >= 0.3 is 0 Å². The number of rotatable bonds is 2. The normalized spacial score (nSPS) is 10.4. The van der Waals surface area contributed by atoms with Gasteiger partial charge in [0.15, 0.2) is 5.75 Å². The molecule has 0 aromatic heterocycles. The predicted molar refractivity (Wildman–Crippen MR) is 72.7 cm³/mol. The Morgan fingerprint density at radius 1 is 1.00 bits per heavy atom. The van der Waals surface area contributed by atoms with E-state index in [1.165, 1.54) is 18.2 Å². The maximum absolute atomic E-state index is 13.4. The van der Waals surface area contributed by atoms with E-state index in [9.17, 15) is 8.78 Å². The maximum Gasteiger partial charge on any atom is 0.153 e. The topological polar surface area (TPSA) is 35.2 Å². The van der Waals surface area contributed by atoms with Crippen LogP contribution in [0.5, 0.6) is 11.5 Å². The lowest BCUT2D eigenvalue weighted by Crippen LogP contribution is -1.94. The summed E-state index contributed by atoms with van der Waals surface area (Å²) in [4.78, 5) is 0. The third kappa shape index (κ3) is 3.00. The molecule has 94 valence electrons. The number of hydrogen-bond acceptors (Lipinski definition) is 2. The molecule has 2 rings (SSSR count). The number of anilines is 1. The molecule has 18 heavy (non-hydrogen) atoms. The van der Waals surface area contributed by atoms with E-state index < -0.39 is 11.6 Å². The fraction of sp³-hybridized carbons (Fsp3) is 0. The third-order valence-electron chi connectivity index (χ3n) is 2.12. The zero-order valence-corrected chi connectivity index (χ0v) is 12.1. The molecule has 0 radical (unpaired) electrons. The number of ether oxygens (including phenoxy) is 1. The molecule has 2 aromatic rings. The lowest BCUT2D eigenvalue weighted by atomic mass is 10.3. The van der Waals surface area contributed by atoms with Crippen LogP contribution < -0.4 is 10.5 Å². The highest BCUT2D eigenvalue weighted by Crippen LogP contribution is 2.33. The Morgan fingerprint density at radius 2 is 1.72 bits per heavy atom. The van der Waals surface area contributed by atoms with Gasteiger partial charge in [0, 0.05) is 16.6 Å². The summed E-state index contributed by atoms with van der Waals surface area (Å²) in [7, 11) is 0. The number of halogens is 4. The number of nitrogen functional groups attached to an aromatic ring is 1. The Bertz CT molecular complexity index is 585. The van der Waals surface area contributed by atoms with Gasteiger partial charge in [-0.05, 0) is 34.1 Å². The Morgan fingerprint density at radius 3 is 2.39 bits per heavy atom. The van der Waals surface area contributed by atoms with E-state index in [1.54, 1.807) is 6.07 Å². The zero-order valence-electron chi connectivity index (χ0n) is 8.88. The van der Waals surface area contributed by atoms with Crippen LogP contribution in [0.4, 0.5) is 14.5 Å². The van der Waals surface area contributed by atoms with Crippen LogP contribution in [0, 0.1) is 11.6 Å². The first-order valence-corrected chi connectivity index (χ1v) is 6.43. The van der Waals surface area contributed by atoms with Crippen molar-refractivity contribution >= 4 is 37.5 Å². The Labute approximate surface area is 119 Å². The summed E-state index contributed by atoms with van der Waals surface area (Å²) >= 11 is 6.15. The molecule has 0 aliphatic carbocycles. The van der Waals surface area contributed by atoms with E-state index in [2.05, 4.69) is 31.9 Å². The fourth-order valence-corrected chi connectivity index (χ4v) is 2.15. The molecule has 0 saturated carbocycles. The van der Waals surface area contributed by atoms with Crippen LogP contribution in [0.2, 0.25) is 0 Å². The van der Waals surface area contributed by atoms with Gasteiger partial charge < -0.3 is 10.5 Å². The molecule has 2 N–H and O–H groups in total. The largest absolute Gasteiger partial charge is 0.455 e. The Hall–Kier alpha value is -1.14. The highest BCUT2D eigenvalue weighted by molar-refractivity contribution is 9.10. The minimum absolute atomic E-state index is 0.133. The second-order valence-corrected chi connectivity index (χ2v) is 5.28. The molecule has 2 aromatic carbocycles. The van der Waals surface area contributed by atoms with Crippen molar-refractivity contribution in [1.82, 2.24) is 0 Å². The molecule has 2 nitrogen and oxygen atoms in total. The van der Waals surface area contributed by atoms with E-state index in [-0.39, 0.29) is 21.7 Å². The van der Waals surface area contributed by atoms with Gasteiger partial charge in [-0.15, -0.1) is 0 Å². The van der Waals surface area contributed by atoms with E-state index in [0.29, 0.717) is 4.47 Å². The van der Waals surface area contributed by atoms with Gasteiger partial charge in [-0.2, -0.15) is 0 Å². The van der Waals surface area contributed by atoms with Crippen molar-refractivity contribution in [3.63, 3.8) is 0 Å². The summed E-state index contributed by atoms with van der Waals surface area (Å²) in [5.74, 6) is -0.603. The molecule has 0 saturated heterocycles. The predicted octanol–water partition coefficient (Wildman–Crippen LogP) is 4.86. The number of benzene rings is 2. The summed E-state index contributed by atoms with van der Waals surface area (Å²) in [5, 5.41) is 0. The summed E-state index contributed by atoms with van der Waals surface area (Å²) < 4.78 is 32.6. The van der Waals surface area contributed by atoms with Gasteiger partial charge in [-0.3, -0.25) is 0 Å². The van der Waals surface area contributed by atoms with Crippen molar-refractivity contribution in [2.24, 2.45) is 0 Å². The molecule has 0 fully saturated rings. The Balaban J connectivity index is 2.36. The van der Waals surface area contributed by atoms with Crippen molar-refractivity contribution in [3.05, 3.63) is 50.9 Å². The first-order valence-electron chi connectivity index (χ1n) is 4.84. The summed E-state index contributed by atoms with van der Waals surface area (Å²) in [6.07, 6.45) is 0. The first kappa shape index (κ1) is 13.3. The van der Waals surface area contributed by atoms with Gasteiger partial charge in [0.05, 0.1) is 10.2 Å². The monoisotopic (exact) mass is 377 g/mol. The van der Waals surface area contributed by atoms with Crippen molar-refractivity contribution in [2.45, 2.75) is 0 Å². The minimum atomic E-state index is -0.505. The average molecular weight is 379 g/mol. The van der Waals surface area contributed by atoms with Crippen LogP contribution in [0.3, 0.4) is 0 Å². The number of nitrogens with two attached hydrogens (primary N) is 1. The molecular weight excluding hydrogens is 372 g/mol. The summed E-state index contributed by atoms with van der Waals surface area (Å²) in [5.41, 5.74) is 5.94. The SMILES string of the molecule is Nc1cc(Br)c(F)cc1Oc1cc(F)cc(Br)c1. The molecular formula is C12H7Br2F2NO. The second-order valence-electron chi connectivity index (χ2n) is 3.51. The van der Waals surface area contributed by atoms with Gasteiger partial charge in [-0.25, -0.2) is 8.78 Å². The fourth-order valence-electron chi connectivity index (χ4n) is 1.35. The zero-order chi connectivity index (χ0) is 13.3. The lowest BCUT2D eigenvalue weighted by molar-refractivity contribution is 0.473. The molecule has 0 bridgehead atoms. The molecule has 0 unspecified atom stereocenters. The van der Waals surface area contributed by atoms with Gasteiger partial charge in [0.25, 0.3) is 0 Å². The van der Waals surface area contributed by atoms with Crippen LogP contribution in [-0.2, 0) is 0 Å². The van der Waals surface area contributed by atoms with E-state index in [1.807, 2.05) is 0 Å². The van der Waals surface area contributed by atoms with E-state index in [0.717, 1.165) is 6.07 Å². The first-order chi connectivity index (χ1) is 8.45. The highest BCUT2D eigenvalue weighted by atomic mass is 79.9. The number of hydrogen-bond donors (Lipinski definition) is 1. The molecule has 0 heterocycles. The highest BCUT2D eigenvalue weighted by Gasteiger charge is 2.09. The standard InChI is InChI=1S/C12H7Br2F2NO/c13-6-1-7(15)3-8(2-6)18-12-5-10(16)9(14)4-11(12)17/h1-5H,17H2. The van der Waals surface area contributed by atoms with Crippen molar-refractivity contribution in [3.8, 4) is 11.5 Å². The van der Waals surface area contributed by atoms with Crippen LogP contribution in [0.15, 0.2) is 39.3 Å². The quantitative estimate of drug-likeness (QED) is 0.757. The summed E-state index contributed by atoms with van der Waals surface area (Å²) in [6.45, 7) is 0. The summed E-state index contributed by atoms with van der Waals surface area (Å²) in [6, 6.07) is 6.56. The minimum Gasteiger partial charge on any atom is -0.455 e. The average Bonchev–Trinajstić information content (AvgIpc) is 2.24. The molecule has 0 spiro atoms. The van der Waals surface area contributed by atoms with Crippen LogP contribution in [0.1, 0.15) is 0 Å². The van der Waals surface area contributed by atoms with Crippen molar-refractivity contribution in [1.29, 1.82) is 0 Å². The van der Waals surface area contributed by atoms with Gasteiger partial charge in [-0.1, -0.05) is 15.9 Å². The Kier molecular flexibility index (Phi) is 3.87. The second kappa shape index (κ2) is 5.24. The van der Waals surface area contributed by atoms with Crippen molar-refractivity contribution in [2.75, 3.05) is 5.73 Å². The van der Waals surface area contributed by atoms with Crippen LogP contribution >= 0.6 is 31.9 Å². The smallest absolute Gasteiger partial charge is 0.153 e. The molecule has 6 heteroatoms. The van der Waals surface area contributed by atoms with E-state index in [4.69, 9.17) is 10.5 Å². The lowest BCUT2D eigenvalue weighted by Gasteiger charge is -2.10. The van der Waals surface area contributed by atoms with Gasteiger partial charge in [0.2, 0.25) is 0 Å². The molecule has 0 amide bonds. The molecule has 0 aliphatic rings. The molecule has 0 aliphatic heterocycles. The van der Waals surface area contributed by atoms with Crippen molar-refractivity contribution < 1.29 is 13.5 Å². The third-order valence-corrected chi connectivity index (χ3v) is 3.18. The van der Waals surface area contributed by atoms with E-state index >= 15 is 0 Å². The van der Waals surface area contributed by atoms with Crippen LogP contribution in [-0.4, -0.2) is 0 Å². The van der Waals surface area contributed by atoms with Crippen LogP contribution in [0.25, 0.3) is 0 Å². The molecule has 0 atom stereocenters. The van der Waals surface area contributed by atoms with Gasteiger partial charge in [0.1, 0.15) is 17.4 Å². The maximum atomic E-state index is 13.4.